The van der Waals surface area contributed by atoms with Crippen LogP contribution >= 0.6 is 11.6 Å². The molecule has 1 atom stereocenters. The highest BCUT2D eigenvalue weighted by Gasteiger charge is 2.29. The molecule has 6 heteroatoms. The van der Waals surface area contributed by atoms with E-state index in [2.05, 4.69) is 5.32 Å². The first-order chi connectivity index (χ1) is 9.57. The number of alkyl carbamates (subject to hydrolysis) is 1. The molecule has 0 bridgehead atoms. The first-order valence-electron chi connectivity index (χ1n) is 6.73. The van der Waals surface area contributed by atoms with Crippen LogP contribution in [-0.2, 0) is 10.2 Å². The Kier molecular flexibility index (Phi) is 5.48. The van der Waals surface area contributed by atoms with Crippen molar-refractivity contribution < 1.29 is 14.6 Å². The number of halogens is 1. The van der Waals surface area contributed by atoms with Gasteiger partial charge in [0, 0.05) is 29.1 Å². The quantitative estimate of drug-likeness (QED) is 0.798. The molecule has 1 aromatic carbocycles. The van der Waals surface area contributed by atoms with E-state index < -0.39 is 17.1 Å². The van der Waals surface area contributed by atoms with E-state index in [-0.39, 0.29) is 18.8 Å². The fraction of sp³-hybridized carbons (Fsp3) is 0.533. The van der Waals surface area contributed by atoms with Gasteiger partial charge >= 0.3 is 6.09 Å². The molecular weight excluding hydrogens is 292 g/mol. The predicted octanol–water partition coefficient (Wildman–Crippen LogP) is 2.79. The molecule has 0 aromatic heterocycles. The van der Waals surface area contributed by atoms with Crippen LogP contribution in [0.5, 0.6) is 5.75 Å². The molecule has 1 rings (SSSR count). The number of ether oxygens (including phenoxy) is 1. The predicted molar refractivity (Wildman–Crippen MR) is 83.8 cm³/mol. The van der Waals surface area contributed by atoms with E-state index in [1.165, 1.54) is 6.07 Å². The number of nitrogens with one attached hydrogen (secondary N) is 1. The molecule has 118 valence electrons. The standard InChI is InChI=1S/C15H23ClN2O3/c1-14(2,3)21-13(20)18-9-15(4,8-17)11-6-5-10(16)7-12(11)19/h5-7,19H,8-9,17H2,1-4H3,(H,18,20). The highest BCUT2D eigenvalue weighted by atomic mass is 35.5. The van der Waals surface area contributed by atoms with Gasteiger partial charge in [0.2, 0.25) is 0 Å². The maximum Gasteiger partial charge on any atom is 0.407 e. The maximum atomic E-state index is 11.7. The molecular formula is C15H23ClN2O3. The zero-order valence-corrected chi connectivity index (χ0v) is 13.6. The van der Waals surface area contributed by atoms with Gasteiger partial charge in [0.15, 0.2) is 0 Å². The number of phenols is 1. The molecule has 0 fully saturated rings. The summed E-state index contributed by atoms with van der Waals surface area (Å²) in [7, 11) is 0. The molecule has 1 amide bonds. The Bertz CT molecular complexity index is 514. The van der Waals surface area contributed by atoms with Crippen LogP contribution in [0.4, 0.5) is 4.79 Å². The number of carbonyl (C=O) groups excluding carboxylic acids is 1. The largest absolute Gasteiger partial charge is 0.508 e. The second-order valence-corrected chi connectivity index (χ2v) is 6.72. The lowest BCUT2D eigenvalue weighted by atomic mass is 9.82. The van der Waals surface area contributed by atoms with Crippen molar-refractivity contribution in [2.45, 2.75) is 38.7 Å². The number of aromatic hydroxyl groups is 1. The molecule has 0 radical (unpaired) electrons. The number of benzene rings is 1. The smallest absolute Gasteiger partial charge is 0.407 e. The van der Waals surface area contributed by atoms with Gasteiger partial charge < -0.3 is 20.9 Å². The van der Waals surface area contributed by atoms with Crippen LogP contribution in [0.1, 0.15) is 33.3 Å². The second kappa shape index (κ2) is 6.54. The molecule has 1 aromatic rings. The van der Waals surface area contributed by atoms with E-state index in [0.29, 0.717) is 10.6 Å². The monoisotopic (exact) mass is 314 g/mol. The number of rotatable bonds is 4. The summed E-state index contributed by atoms with van der Waals surface area (Å²) < 4.78 is 5.19. The summed E-state index contributed by atoms with van der Waals surface area (Å²) in [4.78, 5) is 11.7. The van der Waals surface area contributed by atoms with Crippen LogP contribution in [0, 0.1) is 0 Å². The van der Waals surface area contributed by atoms with Crippen molar-refractivity contribution >= 4 is 17.7 Å². The van der Waals surface area contributed by atoms with Crippen LogP contribution in [0.15, 0.2) is 18.2 Å². The summed E-state index contributed by atoms with van der Waals surface area (Å²) >= 11 is 5.83. The number of nitrogens with two attached hydrogens (primary N) is 1. The lowest BCUT2D eigenvalue weighted by molar-refractivity contribution is 0.0516. The molecule has 4 N–H and O–H groups in total. The summed E-state index contributed by atoms with van der Waals surface area (Å²) in [6.07, 6.45) is -0.518. The van der Waals surface area contributed by atoms with Gasteiger partial charge in [-0.15, -0.1) is 0 Å². The van der Waals surface area contributed by atoms with Crippen molar-refractivity contribution in [3.63, 3.8) is 0 Å². The van der Waals surface area contributed by atoms with Crippen LogP contribution in [0.2, 0.25) is 5.02 Å². The Morgan fingerprint density at radius 1 is 1.38 bits per heavy atom. The summed E-state index contributed by atoms with van der Waals surface area (Å²) in [5.74, 6) is 0.0569. The van der Waals surface area contributed by atoms with E-state index in [4.69, 9.17) is 22.1 Å². The number of hydrogen-bond donors (Lipinski definition) is 3. The van der Waals surface area contributed by atoms with Gasteiger partial charge in [-0.2, -0.15) is 0 Å². The Hall–Kier alpha value is -1.46. The Labute approximate surface area is 130 Å². The molecule has 0 aliphatic rings. The van der Waals surface area contributed by atoms with E-state index in [1.807, 2.05) is 6.92 Å². The van der Waals surface area contributed by atoms with Crippen LogP contribution in [0.3, 0.4) is 0 Å². The first-order valence-corrected chi connectivity index (χ1v) is 7.11. The molecule has 0 aliphatic carbocycles. The van der Waals surface area contributed by atoms with Crippen molar-refractivity contribution in [1.29, 1.82) is 0 Å². The van der Waals surface area contributed by atoms with Gasteiger partial charge in [0.25, 0.3) is 0 Å². The second-order valence-electron chi connectivity index (χ2n) is 6.28. The van der Waals surface area contributed by atoms with Gasteiger partial charge in [0.1, 0.15) is 11.4 Å². The number of amides is 1. The lowest BCUT2D eigenvalue weighted by Crippen LogP contribution is -2.45. The fourth-order valence-corrected chi connectivity index (χ4v) is 2.04. The summed E-state index contributed by atoms with van der Waals surface area (Å²) in [5.41, 5.74) is 5.27. The normalized spacial score (nSPS) is 14.4. The Balaban J connectivity index is 2.83. The van der Waals surface area contributed by atoms with Crippen molar-refractivity contribution in [3.05, 3.63) is 28.8 Å². The summed E-state index contributed by atoms with van der Waals surface area (Å²) in [6.45, 7) is 7.72. The van der Waals surface area contributed by atoms with Crippen LogP contribution < -0.4 is 11.1 Å². The van der Waals surface area contributed by atoms with Crippen molar-refractivity contribution in [3.8, 4) is 5.75 Å². The number of carbonyl (C=O) groups is 1. The fourth-order valence-electron chi connectivity index (χ4n) is 1.87. The third-order valence-corrected chi connectivity index (χ3v) is 3.32. The molecule has 21 heavy (non-hydrogen) atoms. The van der Waals surface area contributed by atoms with E-state index in [0.717, 1.165) is 0 Å². The van der Waals surface area contributed by atoms with E-state index >= 15 is 0 Å². The molecule has 1 unspecified atom stereocenters. The minimum Gasteiger partial charge on any atom is -0.508 e. The third kappa shape index (κ3) is 5.10. The molecule has 0 saturated carbocycles. The van der Waals surface area contributed by atoms with E-state index in [1.54, 1.807) is 32.9 Å². The SMILES string of the molecule is CC(C)(C)OC(=O)NCC(C)(CN)c1ccc(Cl)cc1O. The average Bonchev–Trinajstić information content (AvgIpc) is 2.34. The Morgan fingerprint density at radius 3 is 2.48 bits per heavy atom. The van der Waals surface area contributed by atoms with Gasteiger partial charge in [-0.05, 0) is 32.9 Å². The van der Waals surface area contributed by atoms with Gasteiger partial charge in [-0.3, -0.25) is 0 Å². The number of hydrogen-bond acceptors (Lipinski definition) is 4. The van der Waals surface area contributed by atoms with Crippen molar-refractivity contribution in [1.82, 2.24) is 5.32 Å². The maximum absolute atomic E-state index is 11.7. The average molecular weight is 315 g/mol. The highest BCUT2D eigenvalue weighted by Crippen LogP contribution is 2.32. The lowest BCUT2D eigenvalue weighted by Gasteiger charge is -2.30. The van der Waals surface area contributed by atoms with Gasteiger partial charge in [-0.1, -0.05) is 24.6 Å². The zero-order valence-electron chi connectivity index (χ0n) is 12.9. The molecule has 0 saturated heterocycles. The summed E-state index contributed by atoms with van der Waals surface area (Å²) in [6, 6.07) is 4.84. The van der Waals surface area contributed by atoms with Gasteiger partial charge in [0.05, 0.1) is 0 Å². The molecule has 0 heterocycles. The third-order valence-electron chi connectivity index (χ3n) is 3.08. The highest BCUT2D eigenvalue weighted by molar-refractivity contribution is 6.30. The minimum absolute atomic E-state index is 0.0569. The summed E-state index contributed by atoms with van der Waals surface area (Å²) in [5, 5.41) is 13.2. The molecule has 5 nitrogen and oxygen atoms in total. The molecule has 0 aliphatic heterocycles. The Morgan fingerprint density at radius 2 is 2.00 bits per heavy atom. The zero-order chi connectivity index (χ0) is 16.3. The number of phenolic OH excluding ortho intramolecular Hbond substituents is 1. The van der Waals surface area contributed by atoms with E-state index in [9.17, 15) is 9.90 Å². The van der Waals surface area contributed by atoms with Crippen molar-refractivity contribution in [2.75, 3.05) is 13.1 Å². The van der Waals surface area contributed by atoms with Crippen LogP contribution in [0.25, 0.3) is 0 Å². The molecule has 0 spiro atoms. The van der Waals surface area contributed by atoms with Crippen molar-refractivity contribution in [2.24, 2.45) is 5.73 Å². The first kappa shape index (κ1) is 17.6. The topological polar surface area (TPSA) is 84.6 Å². The van der Waals surface area contributed by atoms with Crippen LogP contribution in [-0.4, -0.2) is 29.9 Å². The minimum atomic E-state index is -0.619. The van der Waals surface area contributed by atoms with Gasteiger partial charge in [-0.25, -0.2) is 4.79 Å².